The molecule has 1 atom stereocenters. The third-order valence-electron chi connectivity index (χ3n) is 5.35. The largest absolute Gasteiger partial charge is 0.492 e. The number of hydrogen-bond acceptors (Lipinski definition) is 5. The van der Waals surface area contributed by atoms with Crippen molar-refractivity contribution in [2.75, 3.05) is 25.1 Å². The molecule has 2 aromatic rings. The first-order chi connectivity index (χ1) is 12.9. The van der Waals surface area contributed by atoms with Crippen molar-refractivity contribution >= 4 is 22.6 Å². The van der Waals surface area contributed by atoms with E-state index in [1.807, 2.05) is 4.90 Å². The number of fused-ring (bicyclic) bond motifs is 1. The number of ether oxygens (including phenoxy) is 1. The maximum Gasteiger partial charge on any atom is 0.341 e. The van der Waals surface area contributed by atoms with Crippen molar-refractivity contribution in [3.05, 3.63) is 33.9 Å². The summed E-state index contributed by atoms with van der Waals surface area (Å²) in [5.41, 5.74) is 5.74. The number of piperidine rings is 1. The molecule has 2 fully saturated rings. The Bertz CT molecular complexity index is 983. The number of carboxylic acids is 1. The molecular formula is C19H22FN3O4. The maximum atomic E-state index is 15.1. The van der Waals surface area contributed by atoms with Gasteiger partial charge < -0.3 is 25.0 Å². The third-order valence-corrected chi connectivity index (χ3v) is 5.35. The Balaban J connectivity index is 2.03. The number of hydrogen-bond donors (Lipinski definition) is 2. The number of aromatic carboxylic acids is 1. The van der Waals surface area contributed by atoms with Crippen LogP contribution in [0.1, 0.15) is 42.1 Å². The van der Waals surface area contributed by atoms with Crippen LogP contribution in [-0.2, 0) is 0 Å². The van der Waals surface area contributed by atoms with Crippen LogP contribution in [-0.4, -0.2) is 41.9 Å². The number of anilines is 1. The normalized spacial score (nSPS) is 20.1. The Morgan fingerprint density at radius 1 is 1.37 bits per heavy atom. The summed E-state index contributed by atoms with van der Waals surface area (Å²) in [6, 6.07) is 1.17. The minimum Gasteiger partial charge on any atom is -0.492 e. The SMILES string of the molecule is COc1c(N2CCC[C@@H](N)C2)c(F)cc2c(=O)c(C(=O)O)cn(C3CC3)c12. The van der Waals surface area contributed by atoms with Crippen molar-refractivity contribution in [1.82, 2.24) is 4.57 Å². The molecule has 1 aromatic carbocycles. The second-order valence-electron chi connectivity index (χ2n) is 7.30. The molecule has 0 radical (unpaired) electrons. The second kappa shape index (κ2) is 6.53. The van der Waals surface area contributed by atoms with Gasteiger partial charge in [-0.1, -0.05) is 0 Å². The van der Waals surface area contributed by atoms with Gasteiger partial charge in [0, 0.05) is 31.4 Å². The summed E-state index contributed by atoms with van der Waals surface area (Å²) in [5.74, 6) is -1.66. The van der Waals surface area contributed by atoms with Gasteiger partial charge in [-0.2, -0.15) is 0 Å². The van der Waals surface area contributed by atoms with Crippen molar-refractivity contribution in [1.29, 1.82) is 0 Å². The highest BCUT2D eigenvalue weighted by Gasteiger charge is 2.32. The fraction of sp³-hybridized carbons (Fsp3) is 0.474. The van der Waals surface area contributed by atoms with E-state index in [0.29, 0.717) is 18.6 Å². The van der Waals surface area contributed by atoms with Crippen LogP contribution in [0.2, 0.25) is 0 Å². The Labute approximate surface area is 155 Å². The van der Waals surface area contributed by atoms with Crippen LogP contribution < -0.4 is 20.8 Å². The van der Waals surface area contributed by atoms with Crippen LogP contribution in [0, 0.1) is 5.82 Å². The summed E-state index contributed by atoms with van der Waals surface area (Å²) in [6.07, 6.45) is 4.83. The quantitative estimate of drug-likeness (QED) is 0.849. The summed E-state index contributed by atoms with van der Waals surface area (Å²) in [6.45, 7) is 1.15. The molecule has 7 nitrogen and oxygen atoms in total. The van der Waals surface area contributed by atoms with Gasteiger partial charge in [-0.15, -0.1) is 0 Å². The number of nitrogens with two attached hydrogens (primary N) is 1. The lowest BCUT2D eigenvalue weighted by atomic mass is 10.0. The van der Waals surface area contributed by atoms with Gasteiger partial charge in [-0.3, -0.25) is 4.79 Å². The van der Waals surface area contributed by atoms with Crippen LogP contribution in [0.4, 0.5) is 10.1 Å². The Morgan fingerprint density at radius 3 is 2.70 bits per heavy atom. The average molecular weight is 375 g/mol. The highest BCUT2D eigenvalue weighted by Crippen LogP contribution is 2.44. The Hall–Kier alpha value is -2.61. The van der Waals surface area contributed by atoms with Crippen LogP contribution in [0.5, 0.6) is 5.75 Å². The van der Waals surface area contributed by atoms with Crippen molar-refractivity contribution in [2.24, 2.45) is 5.73 Å². The highest BCUT2D eigenvalue weighted by atomic mass is 19.1. The first kappa shape index (κ1) is 17.8. The lowest BCUT2D eigenvalue weighted by Gasteiger charge is -2.34. The highest BCUT2D eigenvalue weighted by molar-refractivity contribution is 5.97. The lowest BCUT2D eigenvalue weighted by Crippen LogP contribution is -2.43. The standard InChI is InChI=1S/C19H22FN3O4/c1-27-18-15-12(7-14(20)16(18)22-6-2-3-10(21)8-22)17(24)13(19(25)26)9-23(15)11-4-5-11/h7,9-11H,2-6,8,21H2,1H3,(H,25,26)/t10-/m1/s1. The van der Waals surface area contributed by atoms with E-state index < -0.39 is 17.2 Å². The molecule has 1 aliphatic heterocycles. The number of aromatic nitrogens is 1. The molecule has 0 unspecified atom stereocenters. The number of carboxylic acid groups (broad SMARTS) is 1. The molecule has 2 aliphatic rings. The van der Waals surface area contributed by atoms with E-state index in [4.69, 9.17) is 10.5 Å². The van der Waals surface area contributed by atoms with Gasteiger partial charge in [0.25, 0.3) is 0 Å². The number of benzene rings is 1. The zero-order chi connectivity index (χ0) is 19.3. The van der Waals surface area contributed by atoms with E-state index in [0.717, 1.165) is 31.7 Å². The average Bonchev–Trinajstić information content (AvgIpc) is 3.46. The van der Waals surface area contributed by atoms with Gasteiger partial charge in [-0.25, -0.2) is 9.18 Å². The first-order valence-electron chi connectivity index (χ1n) is 9.11. The molecule has 8 heteroatoms. The van der Waals surface area contributed by atoms with Gasteiger partial charge in [-0.05, 0) is 31.7 Å². The zero-order valence-corrected chi connectivity index (χ0v) is 15.1. The van der Waals surface area contributed by atoms with Gasteiger partial charge >= 0.3 is 5.97 Å². The van der Waals surface area contributed by atoms with Gasteiger partial charge in [0.1, 0.15) is 11.3 Å². The molecule has 1 aliphatic carbocycles. The van der Waals surface area contributed by atoms with Gasteiger partial charge in [0.2, 0.25) is 5.43 Å². The number of rotatable bonds is 4. The van der Waals surface area contributed by atoms with Gasteiger partial charge in [0.05, 0.1) is 18.0 Å². The number of carbonyl (C=O) groups is 1. The third kappa shape index (κ3) is 2.93. The van der Waals surface area contributed by atoms with Crippen molar-refractivity contribution < 1.29 is 19.0 Å². The fourth-order valence-corrected chi connectivity index (χ4v) is 3.94. The molecule has 144 valence electrons. The molecule has 0 amide bonds. The lowest BCUT2D eigenvalue weighted by molar-refractivity contribution is 0.0695. The molecule has 0 spiro atoms. The van der Waals surface area contributed by atoms with Crippen molar-refractivity contribution in [3.8, 4) is 5.75 Å². The Kier molecular flexibility index (Phi) is 4.30. The zero-order valence-electron chi connectivity index (χ0n) is 15.1. The molecular weight excluding hydrogens is 353 g/mol. The van der Waals surface area contributed by atoms with E-state index in [1.165, 1.54) is 13.3 Å². The topological polar surface area (TPSA) is 97.8 Å². The van der Waals surface area contributed by atoms with Crippen LogP contribution in [0.3, 0.4) is 0 Å². The summed E-state index contributed by atoms with van der Waals surface area (Å²) in [4.78, 5) is 26.0. The second-order valence-corrected chi connectivity index (χ2v) is 7.30. The van der Waals surface area contributed by atoms with E-state index >= 15 is 4.39 Å². The number of halogens is 1. The summed E-state index contributed by atoms with van der Waals surface area (Å²) in [7, 11) is 1.44. The van der Waals surface area contributed by atoms with E-state index in [2.05, 4.69) is 0 Å². The number of methoxy groups -OCH3 is 1. The summed E-state index contributed by atoms with van der Waals surface area (Å²) in [5, 5.41) is 9.40. The molecule has 3 N–H and O–H groups in total. The molecule has 27 heavy (non-hydrogen) atoms. The van der Waals surface area contributed by atoms with E-state index in [-0.39, 0.29) is 34.5 Å². The molecule has 1 saturated heterocycles. The molecule has 1 saturated carbocycles. The van der Waals surface area contributed by atoms with Crippen LogP contribution in [0.25, 0.3) is 10.9 Å². The van der Waals surface area contributed by atoms with E-state index in [1.54, 1.807) is 4.57 Å². The van der Waals surface area contributed by atoms with E-state index in [9.17, 15) is 14.7 Å². The van der Waals surface area contributed by atoms with Crippen molar-refractivity contribution in [3.63, 3.8) is 0 Å². The number of nitrogens with zero attached hydrogens (tertiary/aromatic N) is 2. The monoisotopic (exact) mass is 375 g/mol. The Morgan fingerprint density at radius 2 is 2.11 bits per heavy atom. The molecule has 0 bridgehead atoms. The van der Waals surface area contributed by atoms with Crippen molar-refractivity contribution in [2.45, 2.75) is 37.8 Å². The predicted octanol–water partition coefficient (Wildman–Crippen LogP) is 2.11. The minimum atomic E-state index is -1.32. The fourth-order valence-electron chi connectivity index (χ4n) is 3.94. The molecule has 4 rings (SSSR count). The van der Waals surface area contributed by atoms with Crippen LogP contribution >= 0.6 is 0 Å². The summed E-state index contributed by atoms with van der Waals surface area (Å²) >= 11 is 0. The smallest absolute Gasteiger partial charge is 0.341 e. The molecule has 2 heterocycles. The van der Waals surface area contributed by atoms with Gasteiger partial charge in [0.15, 0.2) is 11.6 Å². The predicted molar refractivity (Wildman–Crippen MR) is 99.4 cm³/mol. The summed E-state index contributed by atoms with van der Waals surface area (Å²) < 4.78 is 22.4. The maximum absolute atomic E-state index is 15.1. The minimum absolute atomic E-state index is 0.0289. The molecule has 1 aromatic heterocycles. The first-order valence-corrected chi connectivity index (χ1v) is 9.11. The number of pyridine rings is 1. The van der Waals surface area contributed by atoms with Crippen LogP contribution in [0.15, 0.2) is 17.1 Å².